The van der Waals surface area contributed by atoms with Crippen molar-refractivity contribution >= 4 is 0 Å². The molecule has 0 saturated carbocycles. The first-order valence-electron chi connectivity index (χ1n) is 7.07. The molecule has 0 amide bonds. The summed E-state index contributed by atoms with van der Waals surface area (Å²) in [5, 5.41) is 8.77. The molecule has 1 rings (SSSR count). The van der Waals surface area contributed by atoms with Gasteiger partial charge in [0, 0.05) is 31.8 Å². The number of methoxy groups -OCH3 is 1. The minimum Gasteiger partial charge on any atom is -0.383 e. The highest BCUT2D eigenvalue weighted by Gasteiger charge is 2.17. The Morgan fingerprint density at radius 3 is 2.55 bits per heavy atom. The molecular formula is C16H23FN2O. The predicted octanol–water partition coefficient (Wildman–Crippen LogP) is 3.33. The average Bonchev–Trinajstić information content (AvgIpc) is 2.47. The van der Waals surface area contributed by atoms with Crippen molar-refractivity contribution in [1.29, 1.82) is 5.26 Å². The van der Waals surface area contributed by atoms with Crippen LogP contribution >= 0.6 is 0 Å². The predicted molar refractivity (Wildman–Crippen MR) is 77.8 cm³/mol. The van der Waals surface area contributed by atoms with Gasteiger partial charge in [0.05, 0.1) is 18.2 Å². The van der Waals surface area contributed by atoms with Crippen molar-refractivity contribution in [3.8, 4) is 6.07 Å². The van der Waals surface area contributed by atoms with Gasteiger partial charge in [0.15, 0.2) is 0 Å². The summed E-state index contributed by atoms with van der Waals surface area (Å²) in [5.74, 6) is -0.308. The first kappa shape index (κ1) is 16.6. The van der Waals surface area contributed by atoms with Crippen molar-refractivity contribution in [2.75, 3.05) is 20.3 Å². The number of ether oxygens (including phenoxy) is 1. The van der Waals surface area contributed by atoms with Crippen molar-refractivity contribution in [1.82, 2.24) is 4.90 Å². The Morgan fingerprint density at radius 1 is 1.35 bits per heavy atom. The van der Waals surface area contributed by atoms with E-state index in [-0.39, 0.29) is 5.82 Å². The number of hydrogen-bond donors (Lipinski definition) is 0. The molecule has 20 heavy (non-hydrogen) atoms. The fourth-order valence-electron chi connectivity index (χ4n) is 2.37. The molecule has 0 N–H and O–H groups in total. The van der Waals surface area contributed by atoms with Crippen LogP contribution in [0.25, 0.3) is 0 Å². The molecule has 1 aromatic carbocycles. The van der Waals surface area contributed by atoms with Crippen LogP contribution in [0.2, 0.25) is 0 Å². The maximum absolute atomic E-state index is 14.0. The van der Waals surface area contributed by atoms with Crippen LogP contribution in [0.3, 0.4) is 0 Å². The van der Waals surface area contributed by atoms with E-state index in [0.29, 0.717) is 30.3 Å². The van der Waals surface area contributed by atoms with Crippen LogP contribution in [0.5, 0.6) is 0 Å². The van der Waals surface area contributed by atoms with Crippen molar-refractivity contribution < 1.29 is 9.13 Å². The van der Waals surface area contributed by atoms with Crippen LogP contribution in [0.4, 0.5) is 4.39 Å². The summed E-state index contributed by atoms with van der Waals surface area (Å²) in [6.07, 6.45) is 2.05. The molecule has 0 aliphatic heterocycles. The molecule has 0 saturated heterocycles. The first-order valence-corrected chi connectivity index (χ1v) is 7.07. The van der Waals surface area contributed by atoms with Crippen molar-refractivity contribution in [3.63, 3.8) is 0 Å². The molecule has 4 heteroatoms. The molecule has 0 aliphatic carbocycles. The van der Waals surface area contributed by atoms with Gasteiger partial charge >= 0.3 is 0 Å². The molecule has 1 aromatic rings. The summed E-state index contributed by atoms with van der Waals surface area (Å²) in [7, 11) is 1.67. The van der Waals surface area contributed by atoms with Crippen LogP contribution in [0.15, 0.2) is 18.2 Å². The highest BCUT2D eigenvalue weighted by atomic mass is 19.1. The molecule has 0 fully saturated rings. The van der Waals surface area contributed by atoms with Gasteiger partial charge in [0.1, 0.15) is 5.82 Å². The monoisotopic (exact) mass is 278 g/mol. The molecule has 3 nitrogen and oxygen atoms in total. The van der Waals surface area contributed by atoms with E-state index in [1.165, 1.54) is 6.07 Å². The van der Waals surface area contributed by atoms with E-state index in [2.05, 4.69) is 18.7 Å². The Hall–Kier alpha value is -1.44. The van der Waals surface area contributed by atoms with E-state index in [0.717, 1.165) is 19.4 Å². The highest BCUT2D eigenvalue weighted by molar-refractivity contribution is 5.32. The van der Waals surface area contributed by atoms with Crippen molar-refractivity contribution in [3.05, 3.63) is 35.1 Å². The molecule has 0 aromatic heterocycles. The molecule has 0 heterocycles. The number of nitrogens with zero attached hydrogens (tertiary/aromatic N) is 2. The number of benzene rings is 1. The van der Waals surface area contributed by atoms with Crippen LogP contribution in [0.1, 0.15) is 37.8 Å². The number of halogens is 1. The third kappa shape index (κ3) is 4.59. The van der Waals surface area contributed by atoms with E-state index < -0.39 is 0 Å². The van der Waals surface area contributed by atoms with Gasteiger partial charge in [-0.05, 0) is 25.0 Å². The van der Waals surface area contributed by atoms with Gasteiger partial charge in [-0.15, -0.1) is 0 Å². The summed E-state index contributed by atoms with van der Waals surface area (Å²) in [6, 6.07) is 7.04. The van der Waals surface area contributed by atoms with Crippen LogP contribution < -0.4 is 0 Å². The second kappa shape index (κ2) is 8.68. The van der Waals surface area contributed by atoms with Crippen molar-refractivity contribution in [2.24, 2.45) is 0 Å². The second-order valence-corrected chi connectivity index (χ2v) is 4.85. The zero-order chi connectivity index (χ0) is 15.0. The molecule has 0 spiro atoms. The SMILES string of the molecule is CCC(CC)N(CCOC)Cc1ccc(C#N)cc1F. The van der Waals surface area contributed by atoms with E-state index in [9.17, 15) is 4.39 Å². The minimum absolute atomic E-state index is 0.308. The number of rotatable bonds is 8. The van der Waals surface area contributed by atoms with Crippen LogP contribution in [0, 0.1) is 17.1 Å². The van der Waals surface area contributed by atoms with Gasteiger partial charge in [-0.1, -0.05) is 19.9 Å². The number of hydrogen-bond acceptors (Lipinski definition) is 3. The zero-order valence-electron chi connectivity index (χ0n) is 12.5. The Balaban J connectivity index is 2.85. The zero-order valence-corrected chi connectivity index (χ0v) is 12.5. The Kier molecular flexibility index (Phi) is 7.21. The molecule has 0 radical (unpaired) electrons. The molecule has 0 atom stereocenters. The smallest absolute Gasteiger partial charge is 0.129 e. The highest BCUT2D eigenvalue weighted by Crippen LogP contribution is 2.17. The first-order chi connectivity index (χ1) is 9.65. The van der Waals surface area contributed by atoms with Gasteiger partial charge in [-0.3, -0.25) is 4.90 Å². The normalized spacial score (nSPS) is 11.1. The molecule has 0 bridgehead atoms. The largest absolute Gasteiger partial charge is 0.383 e. The van der Waals surface area contributed by atoms with E-state index >= 15 is 0 Å². The van der Waals surface area contributed by atoms with E-state index in [1.807, 2.05) is 6.07 Å². The second-order valence-electron chi connectivity index (χ2n) is 4.85. The lowest BCUT2D eigenvalue weighted by molar-refractivity contribution is 0.109. The number of nitriles is 1. The van der Waals surface area contributed by atoms with Gasteiger partial charge in [-0.2, -0.15) is 5.26 Å². The van der Waals surface area contributed by atoms with Gasteiger partial charge < -0.3 is 4.74 Å². The maximum Gasteiger partial charge on any atom is 0.129 e. The summed E-state index contributed by atoms with van der Waals surface area (Å²) < 4.78 is 19.1. The molecule has 110 valence electrons. The lowest BCUT2D eigenvalue weighted by Gasteiger charge is -2.30. The third-order valence-corrected chi connectivity index (χ3v) is 3.60. The Labute approximate surface area is 121 Å². The average molecular weight is 278 g/mol. The Bertz CT molecular complexity index is 452. The Morgan fingerprint density at radius 2 is 2.05 bits per heavy atom. The lowest BCUT2D eigenvalue weighted by Crippen LogP contribution is -2.36. The van der Waals surface area contributed by atoms with E-state index in [1.54, 1.807) is 19.2 Å². The summed E-state index contributed by atoms with van der Waals surface area (Å²) in [6.45, 7) is 6.25. The lowest BCUT2D eigenvalue weighted by atomic mass is 10.1. The summed E-state index contributed by atoms with van der Waals surface area (Å²) >= 11 is 0. The molecule has 0 aliphatic rings. The standard InChI is InChI=1S/C16H23FN2O/c1-4-15(5-2)19(8-9-20-3)12-14-7-6-13(11-18)10-16(14)17/h6-7,10,15H,4-5,8-9,12H2,1-3H3. The van der Waals surface area contributed by atoms with E-state index in [4.69, 9.17) is 10.00 Å². The quantitative estimate of drug-likeness (QED) is 0.731. The minimum atomic E-state index is -0.308. The molecule has 0 unspecified atom stereocenters. The summed E-state index contributed by atoms with van der Waals surface area (Å²) in [4.78, 5) is 2.24. The van der Waals surface area contributed by atoms with Crippen LogP contribution in [-0.2, 0) is 11.3 Å². The van der Waals surface area contributed by atoms with Gasteiger partial charge in [0.25, 0.3) is 0 Å². The van der Waals surface area contributed by atoms with Crippen molar-refractivity contribution in [2.45, 2.75) is 39.3 Å². The van der Waals surface area contributed by atoms with Gasteiger partial charge in [0.2, 0.25) is 0 Å². The topological polar surface area (TPSA) is 36.3 Å². The summed E-state index contributed by atoms with van der Waals surface area (Å²) in [5.41, 5.74) is 0.990. The van der Waals surface area contributed by atoms with Gasteiger partial charge in [-0.25, -0.2) is 4.39 Å². The maximum atomic E-state index is 14.0. The van der Waals surface area contributed by atoms with Crippen LogP contribution in [-0.4, -0.2) is 31.2 Å². The fraction of sp³-hybridized carbons (Fsp3) is 0.562. The third-order valence-electron chi connectivity index (χ3n) is 3.60. The molecular weight excluding hydrogens is 255 g/mol. The fourth-order valence-corrected chi connectivity index (χ4v) is 2.37.